The Hall–Kier alpha value is -4.78. The molecule has 7 nitrogen and oxygen atoms in total. The van der Waals surface area contributed by atoms with Gasteiger partial charge < -0.3 is 24.2 Å². The molecule has 2 aliphatic heterocycles. The van der Waals surface area contributed by atoms with E-state index < -0.39 is 0 Å². The molecule has 268 valence electrons. The number of aromatic amines is 2. The lowest BCUT2D eigenvalue weighted by molar-refractivity contribution is 0.234. The number of hydrogen-bond acceptors (Lipinski definition) is 5. The van der Waals surface area contributed by atoms with Crippen LogP contribution < -0.4 is 14.2 Å². The van der Waals surface area contributed by atoms with E-state index in [1.54, 1.807) is 0 Å². The average Bonchev–Trinajstić information content (AvgIpc) is 3.95. The fraction of sp³-hybridized carbons (Fsp3) is 0.409. The summed E-state index contributed by atoms with van der Waals surface area (Å²) >= 11 is 0. The lowest BCUT2D eigenvalue weighted by Crippen LogP contribution is -2.07. The van der Waals surface area contributed by atoms with E-state index in [9.17, 15) is 0 Å². The quantitative estimate of drug-likeness (QED) is 0.0828. The molecule has 0 saturated carbocycles. The van der Waals surface area contributed by atoms with E-state index in [1.165, 1.54) is 38.5 Å². The van der Waals surface area contributed by atoms with Crippen molar-refractivity contribution in [2.24, 2.45) is 0 Å². The van der Waals surface area contributed by atoms with Crippen LogP contribution in [0, 0.1) is 0 Å². The molecule has 0 amide bonds. The highest BCUT2D eigenvalue weighted by Crippen LogP contribution is 2.43. The molecule has 3 aromatic heterocycles. The zero-order valence-electron chi connectivity index (χ0n) is 30.7. The van der Waals surface area contributed by atoms with Crippen molar-refractivity contribution in [2.45, 2.75) is 97.8 Å². The molecule has 5 heterocycles. The van der Waals surface area contributed by atoms with Crippen LogP contribution in [0.25, 0.3) is 45.9 Å². The van der Waals surface area contributed by atoms with Crippen molar-refractivity contribution >= 4 is 45.9 Å². The third kappa shape index (κ3) is 10.2. The maximum Gasteiger partial charge on any atom is 0.203 e. The van der Waals surface area contributed by atoms with E-state index >= 15 is 0 Å². The Bertz CT molecular complexity index is 1930. The smallest absolute Gasteiger partial charge is 0.203 e. The first-order valence-corrected chi connectivity index (χ1v) is 19.3. The lowest BCUT2D eigenvalue weighted by Gasteiger charge is -2.19. The zero-order valence-corrected chi connectivity index (χ0v) is 30.7. The second kappa shape index (κ2) is 18.5. The molecule has 8 bridgehead atoms. The Kier molecular flexibility index (Phi) is 13.0. The molecule has 7 heteroatoms. The van der Waals surface area contributed by atoms with Crippen LogP contribution in [0.2, 0.25) is 0 Å². The Balaban J connectivity index is 1.43. The Labute approximate surface area is 303 Å². The average molecular weight is 687 g/mol. The number of nitrogens with zero attached hydrogens (tertiary/aromatic N) is 2. The van der Waals surface area contributed by atoms with Gasteiger partial charge in [0, 0.05) is 27.6 Å². The largest absolute Gasteiger partial charge is 0.490 e. The first kappa shape index (κ1) is 36.0. The van der Waals surface area contributed by atoms with Crippen molar-refractivity contribution in [3.05, 3.63) is 89.0 Å². The molecule has 2 aliphatic rings. The van der Waals surface area contributed by atoms with E-state index in [0.29, 0.717) is 25.6 Å². The Morgan fingerprint density at radius 1 is 0.490 bits per heavy atom. The molecular formula is C44H54N4O3. The number of nitrogens with one attached hydrogen (secondary N) is 2. The zero-order chi connectivity index (χ0) is 35.3. The number of unbranched alkanes of at least 4 members (excludes halogenated alkanes) is 9. The van der Waals surface area contributed by atoms with Crippen molar-refractivity contribution in [3.63, 3.8) is 0 Å². The van der Waals surface area contributed by atoms with E-state index in [2.05, 4.69) is 97.5 Å². The van der Waals surface area contributed by atoms with Crippen molar-refractivity contribution in [3.8, 4) is 17.2 Å². The van der Waals surface area contributed by atoms with Gasteiger partial charge in [-0.15, -0.1) is 0 Å². The molecule has 0 aliphatic carbocycles. The van der Waals surface area contributed by atoms with Gasteiger partial charge in [0.05, 0.1) is 42.6 Å². The van der Waals surface area contributed by atoms with Gasteiger partial charge in [-0.25, -0.2) is 9.97 Å². The summed E-state index contributed by atoms with van der Waals surface area (Å²) in [6, 6.07) is 20.9. The van der Waals surface area contributed by atoms with Gasteiger partial charge in [0.15, 0.2) is 11.5 Å². The minimum absolute atomic E-state index is 0.633. The number of benzene rings is 1. The van der Waals surface area contributed by atoms with Crippen LogP contribution >= 0.6 is 0 Å². The standard InChI is InChI=1S/C44H54N4O3/c1-4-7-10-13-22-49-42-25-32(26-43(50-23-14-11-8-5-2)44(42)51-24-15-12-9-6-3)40-30-39-29-37-19-18-35(46-37)27-33-16-17-34(45-33)28-36-20-21-38(47-36)31-41(40)48-39/h16-21,25-31,45-46H,4-15,22-24H2,1-3H3. The molecule has 0 atom stereocenters. The van der Waals surface area contributed by atoms with E-state index in [4.69, 9.17) is 24.2 Å². The minimum Gasteiger partial charge on any atom is -0.490 e. The van der Waals surface area contributed by atoms with Crippen LogP contribution in [0.3, 0.4) is 0 Å². The highest BCUT2D eigenvalue weighted by atomic mass is 16.5. The molecule has 6 rings (SSSR count). The number of fused-ring (bicyclic) bond motifs is 8. The maximum atomic E-state index is 6.56. The summed E-state index contributed by atoms with van der Waals surface area (Å²) in [5, 5.41) is 0. The molecule has 2 N–H and O–H groups in total. The molecule has 51 heavy (non-hydrogen) atoms. The summed E-state index contributed by atoms with van der Waals surface area (Å²) in [7, 11) is 0. The van der Waals surface area contributed by atoms with Crippen LogP contribution in [0.4, 0.5) is 0 Å². The van der Waals surface area contributed by atoms with Gasteiger partial charge in [0.2, 0.25) is 5.75 Å². The molecule has 0 saturated heterocycles. The number of H-pyrrole nitrogens is 2. The lowest BCUT2D eigenvalue weighted by atomic mass is 10.0. The van der Waals surface area contributed by atoms with Gasteiger partial charge in [-0.2, -0.15) is 0 Å². The van der Waals surface area contributed by atoms with Crippen LogP contribution in [0.5, 0.6) is 17.2 Å². The molecule has 0 radical (unpaired) electrons. The summed E-state index contributed by atoms with van der Waals surface area (Å²) in [5.74, 6) is 2.18. The third-order valence-electron chi connectivity index (χ3n) is 9.25. The Morgan fingerprint density at radius 3 is 1.53 bits per heavy atom. The second-order valence-corrected chi connectivity index (χ2v) is 13.6. The van der Waals surface area contributed by atoms with E-state index in [-0.39, 0.29) is 0 Å². The number of rotatable bonds is 19. The van der Waals surface area contributed by atoms with Crippen molar-refractivity contribution in [2.75, 3.05) is 19.8 Å². The fourth-order valence-electron chi connectivity index (χ4n) is 6.46. The normalized spacial score (nSPS) is 12.3. The van der Waals surface area contributed by atoms with Gasteiger partial charge in [-0.1, -0.05) is 78.6 Å². The molecule has 0 spiro atoms. The minimum atomic E-state index is 0.633. The topological polar surface area (TPSA) is 85.1 Å². The van der Waals surface area contributed by atoms with Gasteiger partial charge in [-0.3, -0.25) is 0 Å². The van der Waals surface area contributed by atoms with Gasteiger partial charge in [0.1, 0.15) is 0 Å². The van der Waals surface area contributed by atoms with Gasteiger partial charge >= 0.3 is 0 Å². The summed E-state index contributed by atoms with van der Waals surface area (Å²) in [6.45, 7) is 8.60. The Morgan fingerprint density at radius 2 is 0.980 bits per heavy atom. The third-order valence-corrected chi connectivity index (χ3v) is 9.25. The summed E-state index contributed by atoms with van der Waals surface area (Å²) < 4.78 is 19.6. The SMILES string of the molecule is CCCCCCOc1cc(C2=Cc3cc4ccc(cc5ccc(cc6nc(cc2n3)C=C6)[nH]5)[nH]4)cc(OCCCCCC)c1OCCCCCC. The summed E-state index contributed by atoms with van der Waals surface area (Å²) in [5.41, 5.74) is 9.44. The van der Waals surface area contributed by atoms with Crippen molar-refractivity contribution in [1.82, 2.24) is 19.9 Å². The molecule has 0 unspecified atom stereocenters. The summed E-state index contributed by atoms with van der Waals surface area (Å²) in [4.78, 5) is 17.1. The molecule has 1 aromatic carbocycles. The predicted molar refractivity (Wildman–Crippen MR) is 212 cm³/mol. The number of ether oxygens (including phenoxy) is 3. The molecular weight excluding hydrogens is 633 g/mol. The molecule has 0 fully saturated rings. The number of aromatic nitrogens is 4. The first-order valence-electron chi connectivity index (χ1n) is 19.3. The first-order chi connectivity index (χ1) is 25.1. The number of hydrogen-bond donors (Lipinski definition) is 2. The monoisotopic (exact) mass is 686 g/mol. The second-order valence-electron chi connectivity index (χ2n) is 13.6. The van der Waals surface area contributed by atoms with Crippen LogP contribution in [0.15, 0.2) is 60.7 Å². The van der Waals surface area contributed by atoms with Crippen LogP contribution in [0.1, 0.15) is 126 Å². The van der Waals surface area contributed by atoms with Crippen LogP contribution in [-0.2, 0) is 0 Å². The van der Waals surface area contributed by atoms with Crippen molar-refractivity contribution < 1.29 is 14.2 Å². The molecule has 4 aromatic rings. The fourth-order valence-corrected chi connectivity index (χ4v) is 6.46. The van der Waals surface area contributed by atoms with Gasteiger partial charge in [-0.05, 0) is 104 Å². The highest BCUT2D eigenvalue weighted by Gasteiger charge is 2.21. The maximum absolute atomic E-state index is 6.56. The van der Waals surface area contributed by atoms with Crippen molar-refractivity contribution in [1.29, 1.82) is 0 Å². The van der Waals surface area contributed by atoms with E-state index in [1.807, 2.05) is 12.2 Å². The predicted octanol–water partition coefficient (Wildman–Crippen LogP) is 12.0. The van der Waals surface area contributed by atoms with Crippen LogP contribution in [-0.4, -0.2) is 39.8 Å². The van der Waals surface area contributed by atoms with Gasteiger partial charge in [0.25, 0.3) is 0 Å². The summed E-state index contributed by atoms with van der Waals surface area (Å²) in [6.07, 6.45) is 19.9. The van der Waals surface area contributed by atoms with E-state index in [0.717, 1.165) is 106 Å². The highest BCUT2D eigenvalue weighted by molar-refractivity contribution is 5.94.